The van der Waals surface area contributed by atoms with Crippen molar-refractivity contribution >= 4 is 28.9 Å². The first-order chi connectivity index (χ1) is 11.9. The highest BCUT2D eigenvalue weighted by atomic mass is 32.2. The molecule has 1 amide bonds. The quantitative estimate of drug-likeness (QED) is 0.698. The van der Waals surface area contributed by atoms with Crippen molar-refractivity contribution in [1.29, 1.82) is 0 Å². The third-order valence-corrected chi connectivity index (χ3v) is 4.18. The molecule has 1 rings (SSSR count). The van der Waals surface area contributed by atoms with Gasteiger partial charge in [-0.1, -0.05) is 0 Å². The van der Waals surface area contributed by atoms with Crippen molar-refractivity contribution in [1.82, 2.24) is 5.32 Å². The maximum absolute atomic E-state index is 12.3. The first kappa shape index (κ1) is 21.8. The summed E-state index contributed by atoms with van der Waals surface area (Å²) in [6.07, 6.45) is -0.376. The summed E-state index contributed by atoms with van der Waals surface area (Å²) in [5.74, 6) is -1.67. The monoisotopic (exact) mass is 389 g/mol. The molecule has 0 aliphatic carbocycles. The number of rotatable bonds is 7. The smallest absolute Gasteiger partial charge is 0.461 e. The van der Waals surface area contributed by atoms with E-state index in [0.717, 1.165) is 0 Å². The highest BCUT2D eigenvalue weighted by Crippen LogP contribution is 2.31. The van der Waals surface area contributed by atoms with Crippen molar-refractivity contribution in [2.45, 2.75) is 65.0 Å². The van der Waals surface area contributed by atoms with Crippen molar-refractivity contribution in [3.8, 4) is 0 Å². The number of carbonyl (C=O) groups is 3. The van der Waals surface area contributed by atoms with Crippen molar-refractivity contribution in [3.63, 3.8) is 0 Å². The molecule has 10 heteroatoms. The fourth-order valence-electron chi connectivity index (χ4n) is 1.95. The molecule has 0 saturated carbocycles. The van der Waals surface area contributed by atoms with Crippen LogP contribution in [0.4, 0.5) is 4.79 Å². The average molecular weight is 389 g/mol. The Hall–Kier alpha value is -2.23. The number of amides is 1. The first-order valence-corrected chi connectivity index (χ1v) is 8.66. The fourth-order valence-corrected chi connectivity index (χ4v) is 2.77. The summed E-state index contributed by atoms with van der Waals surface area (Å²) < 4.78 is 18.5. The minimum absolute atomic E-state index is 0.0967. The average Bonchev–Trinajstić information content (AvgIpc) is 2.79. The Morgan fingerprint density at radius 3 is 2.31 bits per heavy atom. The van der Waals surface area contributed by atoms with Crippen LogP contribution in [0.15, 0.2) is 13.6 Å². The third-order valence-electron chi connectivity index (χ3n) is 3.13. The fraction of sp³-hybridized carbons (Fsp3) is 0.625. The van der Waals surface area contributed by atoms with Crippen LogP contribution >= 0.6 is 11.8 Å². The van der Waals surface area contributed by atoms with E-state index < -0.39 is 33.8 Å². The second kappa shape index (κ2) is 8.93. The predicted octanol–water partition coefficient (Wildman–Crippen LogP) is 2.15. The Morgan fingerprint density at radius 1 is 1.23 bits per heavy atom. The zero-order chi connectivity index (χ0) is 20.1. The predicted molar refractivity (Wildman–Crippen MR) is 92.7 cm³/mol. The van der Waals surface area contributed by atoms with Gasteiger partial charge in [0.05, 0.1) is 10.9 Å². The maximum atomic E-state index is 12.3. The molecule has 1 heterocycles. The van der Waals surface area contributed by atoms with Crippen molar-refractivity contribution in [2.24, 2.45) is 0 Å². The number of esters is 1. The molecule has 0 aliphatic rings. The van der Waals surface area contributed by atoms with E-state index in [1.54, 1.807) is 27.7 Å². The van der Waals surface area contributed by atoms with Gasteiger partial charge in [-0.2, -0.15) is 0 Å². The van der Waals surface area contributed by atoms with Gasteiger partial charge in [-0.3, -0.25) is 4.79 Å². The molecule has 1 atom stereocenters. The minimum atomic E-state index is -1.06. The van der Waals surface area contributed by atoms with E-state index in [-0.39, 0.29) is 24.2 Å². The van der Waals surface area contributed by atoms with Crippen molar-refractivity contribution in [3.05, 3.63) is 22.1 Å². The summed E-state index contributed by atoms with van der Waals surface area (Å²) >= 11 is 0.712. The van der Waals surface area contributed by atoms with Crippen LogP contribution in [-0.2, 0) is 25.7 Å². The maximum Gasteiger partial charge on any atom is 0.519 e. The molecule has 0 unspecified atom stereocenters. The normalized spacial score (nSPS) is 12.6. The van der Waals surface area contributed by atoms with Gasteiger partial charge >= 0.3 is 17.1 Å². The second-order valence-corrected chi connectivity index (χ2v) is 7.89. The zero-order valence-electron chi connectivity index (χ0n) is 15.5. The van der Waals surface area contributed by atoms with E-state index in [9.17, 15) is 19.2 Å². The summed E-state index contributed by atoms with van der Waals surface area (Å²) in [6, 6.07) is -1.06. The Labute approximate surface area is 154 Å². The summed E-state index contributed by atoms with van der Waals surface area (Å²) in [6.45, 7) is 9.03. The van der Waals surface area contributed by atoms with E-state index in [1.807, 2.05) is 0 Å². The molecule has 1 N–H and O–H groups in total. The number of ether oxygens (including phenoxy) is 2. The van der Waals surface area contributed by atoms with Gasteiger partial charge in [-0.25, -0.2) is 14.4 Å². The molecule has 0 aromatic carbocycles. The molecule has 1 aromatic rings. The SMILES string of the molecule is CC(=O)N[C@@H](C(=O)OC(C)C)C(C)(C)SC(=O)OCc1oc(=O)oc1C. The lowest BCUT2D eigenvalue weighted by atomic mass is 10.0. The lowest BCUT2D eigenvalue weighted by Crippen LogP contribution is -2.53. The highest BCUT2D eigenvalue weighted by molar-refractivity contribution is 8.14. The summed E-state index contributed by atoms with van der Waals surface area (Å²) in [7, 11) is 0. The van der Waals surface area contributed by atoms with E-state index in [0.29, 0.717) is 11.8 Å². The zero-order valence-corrected chi connectivity index (χ0v) is 16.4. The molecular weight excluding hydrogens is 366 g/mol. The molecule has 0 saturated heterocycles. The Bertz CT molecular complexity index is 718. The number of hydrogen-bond acceptors (Lipinski definition) is 9. The molecule has 0 bridgehead atoms. The van der Waals surface area contributed by atoms with Gasteiger partial charge in [0.15, 0.2) is 18.1 Å². The Balaban J connectivity index is 2.78. The van der Waals surface area contributed by atoms with Crippen LogP contribution in [0.25, 0.3) is 0 Å². The van der Waals surface area contributed by atoms with Crippen LogP contribution < -0.4 is 11.1 Å². The molecule has 0 fully saturated rings. The first-order valence-electron chi connectivity index (χ1n) is 7.85. The summed E-state index contributed by atoms with van der Waals surface area (Å²) in [4.78, 5) is 46.8. The van der Waals surface area contributed by atoms with E-state index >= 15 is 0 Å². The second-order valence-electron chi connectivity index (χ2n) is 6.30. The lowest BCUT2D eigenvalue weighted by molar-refractivity contribution is -0.152. The van der Waals surface area contributed by atoms with Gasteiger partial charge in [0.2, 0.25) is 5.91 Å². The minimum Gasteiger partial charge on any atom is -0.461 e. The van der Waals surface area contributed by atoms with Crippen molar-refractivity contribution in [2.75, 3.05) is 0 Å². The van der Waals surface area contributed by atoms with Gasteiger partial charge < -0.3 is 23.6 Å². The number of carbonyl (C=O) groups excluding carboxylic acids is 3. The van der Waals surface area contributed by atoms with Crippen LogP contribution in [0.1, 0.15) is 46.1 Å². The van der Waals surface area contributed by atoms with Gasteiger partial charge in [-0.05, 0) is 46.4 Å². The number of thioether (sulfide) groups is 1. The van der Waals surface area contributed by atoms with Crippen LogP contribution in [0.5, 0.6) is 0 Å². The van der Waals surface area contributed by atoms with E-state index in [4.69, 9.17) is 13.9 Å². The standard InChI is InChI=1S/C16H23NO8S/c1-8(2)23-13(19)12(17-10(4)18)16(5,6)26-15(21)22-7-11-9(3)24-14(20)25-11/h8,12H,7H2,1-6H3,(H,17,18)/t12-/m0/s1. The molecule has 1 aromatic heterocycles. The molecule has 0 spiro atoms. The molecular formula is C16H23NO8S. The molecule has 26 heavy (non-hydrogen) atoms. The van der Waals surface area contributed by atoms with Gasteiger partial charge in [0.1, 0.15) is 6.04 Å². The molecule has 0 aliphatic heterocycles. The van der Waals surface area contributed by atoms with Crippen LogP contribution in [0.3, 0.4) is 0 Å². The topological polar surface area (TPSA) is 125 Å². The highest BCUT2D eigenvalue weighted by Gasteiger charge is 2.40. The third kappa shape index (κ3) is 6.58. The van der Waals surface area contributed by atoms with E-state index in [2.05, 4.69) is 9.73 Å². The lowest BCUT2D eigenvalue weighted by Gasteiger charge is -2.31. The molecule has 9 nitrogen and oxygen atoms in total. The Morgan fingerprint density at radius 2 is 1.85 bits per heavy atom. The van der Waals surface area contributed by atoms with Gasteiger partial charge in [-0.15, -0.1) is 0 Å². The van der Waals surface area contributed by atoms with Gasteiger partial charge in [0.25, 0.3) is 0 Å². The molecule has 146 valence electrons. The largest absolute Gasteiger partial charge is 0.519 e. The van der Waals surface area contributed by atoms with Crippen LogP contribution in [0, 0.1) is 6.92 Å². The van der Waals surface area contributed by atoms with Crippen LogP contribution in [-0.4, -0.2) is 34.1 Å². The number of nitrogens with one attached hydrogen (secondary N) is 1. The van der Waals surface area contributed by atoms with E-state index in [1.165, 1.54) is 13.8 Å². The summed E-state index contributed by atoms with van der Waals surface area (Å²) in [5, 5.41) is 1.78. The number of aryl methyl sites for hydroxylation is 1. The van der Waals surface area contributed by atoms with Gasteiger partial charge in [0, 0.05) is 6.92 Å². The van der Waals surface area contributed by atoms with Crippen LogP contribution in [0.2, 0.25) is 0 Å². The van der Waals surface area contributed by atoms with Crippen molar-refractivity contribution < 1.29 is 32.7 Å². The summed E-state index contributed by atoms with van der Waals surface area (Å²) in [5.41, 5.74) is 0. The Kier molecular flexibility index (Phi) is 7.49. The number of hydrogen-bond donors (Lipinski definition) is 1. The molecule has 0 radical (unpaired) electrons.